The van der Waals surface area contributed by atoms with Gasteiger partial charge in [0.05, 0.1) is 6.61 Å². The Morgan fingerprint density at radius 2 is 2.00 bits per heavy atom. The highest BCUT2D eigenvalue weighted by atomic mass is 16.5. The van der Waals surface area contributed by atoms with Gasteiger partial charge in [-0.25, -0.2) is 0 Å². The van der Waals surface area contributed by atoms with E-state index in [9.17, 15) is 0 Å². The third-order valence-electron chi connectivity index (χ3n) is 4.00. The van der Waals surface area contributed by atoms with Crippen molar-refractivity contribution < 1.29 is 4.74 Å². The molecule has 0 amide bonds. The van der Waals surface area contributed by atoms with Gasteiger partial charge in [0.2, 0.25) is 0 Å². The molecular weight excluding hydrogens is 198 g/mol. The summed E-state index contributed by atoms with van der Waals surface area (Å²) in [6.45, 7) is 8.88. The van der Waals surface area contributed by atoms with Gasteiger partial charge in [0.1, 0.15) is 0 Å². The van der Waals surface area contributed by atoms with Crippen molar-refractivity contribution in [2.24, 2.45) is 17.3 Å². The fourth-order valence-electron chi connectivity index (χ4n) is 2.39. The molecule has 0 saturated heterocycles. The molecule has 0 spiro atoms. The van der Waals surface area contributed by atoms with Gasteiger partial charge in [-0.05, 0) is 50.5 Å². The van der Waals surface area contributed by atoms with Crippen LogP contribution in [0, 0.1) is 17.3 Å². The maximum atomic E-state index is 5.91. The molecule has 2 nitrogen and oxygen atoms in total. The van der Waals surface area contributed by atoms with Gasteiger partial charge >= 0.3 is 0 Å². The Morgan fingerprint density at radius 3 is 2.56 bits per heavy atom. The second-order valence-corrected chi connectivity index (χ2v) is 6.06. The molecule has 0 bridgehead atoms. The van der Waals surface area contributed by atoms with Crippen LogP contribution >= 0.6 is 0 Å². The first-order valence-corrected chi connectivity index (χ1v) is 7.03. The molecule has 0 aliphatic heterocycles. The van der Waals surface area contributed by atoms with Gasteiger partial charge in [0.25, 0.3) is 0 Å². The highest BCUT2D eigenvalue weighted by Crippen LogP contribution is 2.45. The molecule has 1 N–H and O–H groups in total. The summed E-state index contributed by atoms with van der Waals surface area (Å²) < 4.78 is 5.91. The molecule has 16 heavy (non-hydrogen) atoms. The van der Waals surface area contributed by atoms with Gasteiger partial charge in [0, 0.05) is 18.6 Å². The van der Waals surface area contributed by atoms with E-state index in [0.717, 1.165) is 38.1 Å². The molecule has 2 aliphatic carbocycles. The Bertz CT molecular complexity index is 211. The van der Waals surface area contributed by atoms with Gasteiger partial charge in [-0.3, -0.25) is 0 Å². The second kappa shape index (κ2) is 5.50. The van der Waals surface area contributed by atoms with E-state index < -0.39 is 0 Å². The predicted octanol–water partition coefficient (Wildman–Crippen LogP) is 2.83. The second-order valence-electron chi connectivity index (χ2n) is 6.06. The minimum atomic E-state index is 0.393. The monoisotopic (exact) mass is 225 g/mol. The maximum absolute atomic E-state index is 5.91. The summed E-state index contributed by atoms with van der Waals surface area (Å²) >= 11 is 0. The van der Waals surface area contributed by atoms with Crippen LogP contribution < -0.4 is 5.32 Å². The Hall–Kier alpha value is -0.0800. The topological polar surface area (TPSA) is 21.3 Å². The van der Waals surface area contributed by atoms with Crippen molar-refractivity contribution in [2.45, 2.75) is 46.0 Å². The van der Waals surface area contributed by atoms with Crippen LogP contribution in [0.1, 0.15) is 46.0 Å². The van der Waals surface area contributed by atoms with E-state index in [1.54, 1.807) is 0 Å². The number of hydrogen-bond acceptors (Lipinski definition) is 2. The first kappa shape index (κ1) is 12.4. The lowest BCUT2D eigenvalue weighted by Gasteiger charge is -2.30. The third-order valence-corrected chi connectivity index (χ3v) is 4.00. The zero-order valence-electron chi connectivity index (χ0n) is 10.9. The first-order chi connectivity index (χ1) is 7.74. The van der Waals surface area contributed by atoms with Crippen LogP contribution in [-0.2, 0) is 4.74 Å². The average Bonchev–Trinajstić information content (AvgIpc) is 3.12. The van der Waals surface area contributed by atoms with Gasteiger partial charge in [-0.15, -0.1) is 0 Å². The van der Waals surface area contributed by atoms with E-state index in [2.05, 4.69) is 19.2 Å². The van der Waals surface area contributed by atoms with E-state index in [1.807, 2.05) is 0 Å². The van der Waals surface area contributed by atoms with E-state index in [4.69, 9.17) is 4.74 Å². The molecule has 1 atom stereocenters. The van der Waals surface area contributed by atoms with Crippen LogP contribution in [0.2, 0.25) is 0 Å². The highest BCUT2D eigenvalue weighted by molar-refractivity contribution is 4.92. The minimum Gasteiger partial charge on any atom is -0.381 e. The van der Waals surface area contributed by atoms with Crippen molar-refractivity contribution in [1.29, 1.82) is 0 Å². The molecule has 2 fully saturated rings. The Labute approximate surface area is 100 Å². The van der Waals surface area contributed by atoms with Crippen molar-refractivity contribution in [3.8, 4) is 0 Å². The zero-order chi connectivity index (χ0) is 11.4. The molecule has 0 aromatic rings. The Morgan fingerprint density at radius 1 is 1.25 bits per heavy atom. The lowest BCUT2D eigenvalue weighted by Crippen LogP contribution is -2.38. The van der Waals surface area contributed by atoms with Crippen molar-refractivity contribution >= 4 is 0 Å². The molecule has 2 saturated carbocycles. The highest BCUT2D eigenvalue weighted by Gasteiger charge is 2.41. The fraction of sp³-hybridized carbons (Fsp3) is 1.00. The predicted molar refractivity (Wildman–Crippen MR) is 67.5 cm³/mol. The molecule has 2 aliphatic rings. The first-order valence-electron chi connectivity index (χ1n) is 7.03. The van der Waals surface area contributed by atoms with Crippen LogP contribution in [0.4, 0.5) is 0 Å². The van der Waals surface area contributed by atoms with Gasteiger partial charge < -0.3 is 10.1 Å². The fourth-order valence-corrected chi connectivity index (χ4v) is 2.39. The number of rotatable bonds is 9. The molecular formula is C14H27NO. The zero-order valence-corrected chi connectivity index (χ0v) is 10.9. The summed E-state index contributed by atoms with van der Waals surface area (Å²) in [5, 5.41) is 3.57. The normalized spacial score (nSPS) is 24.4. The lowest BCUT2D eigenvalue weighted by molar-refractivity contribution is 0.0348. The van der Waals surface area contributed by atoms with Gasteiger partial charge in [0.15, 0.2) is 0 Å². The number of ether oxygens (including phenoxy) is 1. The van der Waals surface area contributed by atoms with Crippen molar-refractivity contribution in [1.82, 2.24) is 5.32 Å². The molecule has 0 aromatic carbocycles. The molecule has 0 radical (unpaired) electrons. The molecule has 94 valence electrons. The van der Waals surface area contributed by atoms with Crippen molar-refractivity contribution in [3.63, 3.8) is 0 Å². The van der Waals surface area contributed by atoms with Crippen LogP contribution in [0.3, 0.4) is 0 Å². The van der Waals surface area contributed by atoms with Gasteiger partial charge in [-0.2, -0.15) is 0 Å². The molecule has 0 heterocycles. The largest absolute Gasteiger partial charge is 0.381 e. The van der Waals surface area contributed by atoms with Crippen molar-refractivity contribution in [2.75, 3.05) is 26.3 Å². The Kier molecular flexibility index (Phi) is 4.26. The number of hydrogen-bond donors (Lipinski definition) is 1. The van der Waals surface area contributed by atoms with E-state index >= 15 is 0 Å². The van der Waals surface area contributed by atoms with E-state index in [0.29, 0.717) is 5.41 Å². The van der Waals surface area contributed by atoms with Crippen LogP contribution in [0.5, 0.6) is 0 Å². The van der Waals surface area contributed by atoms with Crippen LogP contribution in [0.15, 0.2) is 0 Å². The molecule has 2 rings (SSSR count). The third kappa shape index (κ3) is 3.74. The molecule has 1 unspecified atom stereocenters. The summed E-state index contributed by atoms with van der Waals surface area (Å²) in [7, 11) is 0. The average molecular weight is 225 g/mol. The van der Waals surface area contributed by atoms with Crippen LogP contribution in [-0.4, -0.2) is 26.3 Å². The van der Waals surface area contributed by atoms with E-state index in [-0.39, 0.29) is 0 Å². The molecule has 2 heteroatoms. The van der Waals surface area contributed by atoms with Crippen molar-refractivity contribution in [3.05, 3.63) is 0 Å². The SMILES string of the molecule is CCCNCC(C)(COCC1CC1)C1CC1. The summed E-state index contributed by atoms with van der Waals surface area (Å²) in [4.78, 5) is 0. The standard InChI is InChI=1S/C14H27NO/c1-3-8-15-10-14(2,13-6-7-13)11-16-9-12-4-5-12/h12-13,15H,3-11H2,1-2H3. The van der Waals surface area contributed by atoms with E-state index in [1.165, 1.54) is 32.1 Å². The van der Waals surface area contributed by atoms with Gasteiger partial charge in [-0.1, -0.05) is 13.8 Å². The summed E-state index contributed by atoms with van der Waals surface area (Å²) in [5.74, 6) is 1.81. The Balaban J connectivity index is 1.68. The maximum Gasteiger partial charge on any atom is 0.0534 e. The van der Waals surface area contributed by atoms with Crippen LogP contribution in [0.25, 0.3) is 0 Å². The molecule has 0 aromatic heterocycles. The summed E-state index contributed by atoms with van der Waals surface area (Å²) in [6.07, 6.45) is 6.85. The lowest BCUT2D eigenvalue weighted by atomic mass is 9.85. The quantitative estimate of drug-likeness (QED) is 0.609. The number of nitrogens with one attached hydrogen (secondary N) is 1. The smallest absolute Gasteiger partial charge is 0.0534 e. The summed E-state index contributed by atoms with van der Waals surface area (Å²) in [6, 6.07) is 0. The minimum absolute atomic E-state index is 0.393. The summed E-state index contributed by atoms with van der Waals surface area (Å²) in [5.41, 5.74) is 0.393.